The van der Waals surface area contributed by atoms with Crippen molar-refractivity contribution in [3.05, 3.63) is 58.9 Å². The summed E-state index contributed by atoms with van der Waals surface area (Å²) >= 11 is 5.76. The SMILES string of the molecule is O=C=Nc1ccc(OCc2ccc(Cl)cc2)cc1F. The number of aliphatic imine (C=N–C) groups is 1. The molecule has 2 aromatic rings. The first-order chi connectivity index (χ1) is 9.19. The van der Waals surface area contributed by atoms with E-state index in [9.17, 15) is 9.18 Å². The van der Waals surface area contributed by atoms with Crippen molar-refractivity contribution >= 4 is 23.4 Å². The third kappa shape index (κ3) is 3.65. The highest BCUT2D eigenvalue weighted by atomic mass is 35.5. The monoisotopic (exact) mass is 277 g/mol. The Balaban J connectivity index is 2.05. The van der Waals surface area contributed by atoms with Gasteiger partial charge in [-0.25, -0.2) is 9.18 Å². The fourth-order valence-electron chi connectivity index (χ4n) is 1.46. The van der Waals surface area contributed by atoms with Gasteiger partial charge in [-0.1, -0.05) is 23.7 Å². The van der Waals surface area contributed by atoms with Crippen LogP contribution < -0.4 is 4.74 Å². The van der Waals surface area contributed by atoms with Crippen LogP contribution in [0.15, 0.2) is 47.5 Å². The van der Waals surface area contributed by atoms with E-state index in [1.54, 1.807) is 12.1 Å². The fourth-order valence-corrected chi connectivity index (χ4v) is 1.59. The van der Waals surface area contributed by atoms with Gasteiger partial charge in [0.05, 0.1) is 0 Å². The maximum Gasteiger partial charge on any atom is 0.240 e. The minimum absolute atomic E-state index is 0.0613. The van der Waals surface area contributed by atoms with Gasteiger partial charge in [0.25, 0.3) is 0 Å². The molecule has 0 saturated heterocycles. The van der Waals surface area contributed by atoms with Crippen LogP contribution in [0.5, 0.6) is 5.75 Å². The molecule has 2 rings (SSSR count). The third-order valence-electron chi connectivity index (χ3n) is 2.40. The molecule has 0 fully saturated rings. The van der Waals surface area contributed by atoms with E-state index in [-0.39, 0.29) is 5.69 Å². The minimum Gasteiger partial charge on any atom is -0.489 e. The van der Waals surface area contributed by atoms with Gasteiger partial charge in [0, 0.05) is 11.1 Å². The smallest absolute Gasteiger partial charge is 0.240 e. The summed E-state index contributed by atoms with van der Waals surface area (Å²) in [6, 6.07) is 11.2. The Labute approximate surface area is 114 Å². The summed E-state index contributed by atoms with van der Waals surface area (Å²) in [4.78, 5) is 13.3. The molecule has 0 unspecified atom stereocenters. The first kappa shape index (κ1) is 13.3. The van der Waals surface area contributed by atoms with E-state index in [1.165, 1.54) is 24.3 Å². The first-order valence-corrected chi connectivity index (χ1v) is 5.81. The lowest BCUT2D eigenvalue weighted by Gasteiger charge is -2.07. The second-order valence-electron chi connectivity index (χ2n) is 3.73. The maximum absolute atomic E-state index is 13.4. The lowest BCUT2D eigenvalue weighted by molar-refractivity contribution is 0.304. The van der Waals surface area contributed by atoms with Gasteiger partial charge in [0.2, 0.25) is 6.08 Å². The van der Waals surface area contributed by atoms with Crippen molar-refractivity contribution in [1.82, 2.24) is 0 Å². The normalized spacial score (nSPS) is 9.79. The van der Waals surface area contributed by atoms with Crippen LogP contribution in [0.25, 0.3) is 0 Å². The molecule has 0 spiro atoms. The number of ether oxygens (including phenoxy) is 1. The van der Waals surface area contributed by atoms with E-state index < -0.39 is 5.82 Å². The molecule has 0 aliphatic rings. The van der Waals surface area contributed by atoms with E-state index in [1.807, 2.05) is 12.1 Å². The number of carbonyl (C=O) groups excluding carboxylic acids is 1. The Hall–Kier alpha value is -2.16. The van der Waals surface area contributed by atoms with Crippen molar-refractivity contribution < 1.29 is 13.9 Å². The largest absolute Gasteiger partial charge is 0.489 e. The van der Waals surface area contributed by atoms with Gasteiger partial charge in [-0.15, -0.1) is 0 Å². The molecule has 96 valence electrons. The first-order valence-electron chi connectivity index (χ1n) is 5.44. The van der Waals surface area contributed by atoms with Gasteiger partial charge in [-0.2, -0.15) is 4.99 Å². The Morgan fingerprint density at radius 1 is 1.21 bits per heavy atom. The van der Waals surface area contributed by atoms with Gasteiger partial charge >= 0.3 is 0 Å². The molecule has 0 aliphatic heterocycles. The standard InChI is InChI=1S/C14H9ClFNO2/c15-11-3-1-10(2-4-11)8-19-12-5-6-14(17-9-18)13(16)7-12/h1-7H,8H2. The fraction of sp³-hybridized carbons (Fsp3) is 0.0714. The zero-order chi connectivity index (χ0) is 13.7. The van der Waals surface area contributed by atoms with Crippen LogP contribution in [0.3, 0.4) is 0 Å². The number of halogens is 2. The summed E-state index contributed by atoms with van der Waals surface area (Å²) in [5.74, 6) is -0.269. The van der Waals surface area contributed by atoms with E-state index in [2.05, 4.69) is 4.99 Å². The van der Waals surface area contributed by atoms with Gasteiger partial charge in [-0.3, -0.25) is 0 Å². The molecule has 0 N–H and O–H groups in total. The molecule has 0 bridgehead atoms. The predicted molar refractivity (Wildman–Crippen MR) is 70.0 cm³/mol. The Morgan fingerprint density at radius 2 is 1.95 bits per heavy atom. The summed E-state index contributed by atoms with van der Waals surface area (Å²) in [6.45, 7) is 0.299. The van der Waals surface area contributed by atoms with Crippen LogP contribution in [0, 0.1) is 5.82 Å². The number of hydrogen-bond donors (Lipinski definition) is 0. The Kier molecular flexibility index (Phi) is 4.29. The number of hydrogen-bond acceptors (Lipinski definition) is 3. The van der Waals surface area contributed by atoms with E-state index in [0.717, 1.165) is 5.56 Å². The number of rotatable bonds is 4. The van der Waals surface area contributed by atoms with E-state index in [0.29, 0.717) is 17.4 Å². The summed E-state index contributed by atoms with van der Waals surface area (Å²) in [5.41, 5.74) is 0.855. The molecule has 0 saturated carbocycles. The second kappa shape index (κ2) is 6.14. The van der Waals surface area contributed by atoms with Crippen molar-refractivity contribution in [2.75, 3.05) is 0 Å². The summed E-state index contributed by atoms with van der Waals surface area (Å²) in [6.07, 6.45) is 1.29. The number of nitrogens with zero attached hydrogens (tertiary/aromatic N) is 1. The van der Waals surface area contributed by atoms with Crippen LogP contribution in [0.4, 0.5) is 10.1 Å². The lowest BCUT2D eigenvalue weighted by atomic mass is 10.2. The Bertz CT molecular complexity index is 622. The third-order valence-corrected chi connectivity index (χ3v) is 2.66. The summed E-state index contributed by atoms with van der Waals surface area (Å²) in [5, 5.41) is 0.644. The quantitative estimate of drug-likeness (QED) is 0.625. The highest BCUT2D eigenvalue weighted by molar-refractivity contribution is 6.30. The maximum atomic E-state index is 13.4. The topological polar surface area (TPSA) is 38.7 Å². The van der Waals surface area contributed by atoms with Crippen LogP contribution in [-0.2, 0) is 11.4 Å². The Morgan fingerprint density at radius 3 is 2.58 bits per heavy atom. The van der Waals surface area contributed by atoms with Crippen molar-refractivity contribution in [3.63, 3.8) is 0 Å². The molecule has 2 aromatic carbocycles. The highest BCUT2D eigenvalue weighted by Crippen LogP contribution is 2.23. The molecule has 0 atom stereocenters. The van der Waals surface area contributed by atoms with Crippen LogP contribution >= 0.6 is 11.6 Å². The van der Waals surface area contributed by atoms with E-state index >= 15 is 0 Å². The molecule has 0 heterocycles. The zero-order valence-electron chi connectivity index (χ0n) is 9.77. The lowest BCUT2D eigenvalue weighted by Crippen LogP contribution is -1.95. The van der Waals surface area contributed by atoms with Gasteiger partial charge in [-0.05, 0) is 29.8 Å². The van der Waals surface area contributed by atoms with E-state index in [4.69, 9.17) is 16.3 Å². The minimum atomic E-state index is -0.628. The molecular formula is C14H9ClFNO2. The van der Waals surface area contributed by atoms with Crippen molar-refractivity contribution in [3.8, 4) is 5.75 Å². The van der Waals surface area contributed by atoms with Crippen molar-refractivity contribution in [2.45, 2.75) is 6.61 Å². The van der Waals surface area contributed by atoms with Gasteiger partial charge < -0.3 is 4.74 Å². The van der Waals surface area contributed by atoms with Crippen molar-refractivity contribution in [1.29, 1.82) is 0 Å². The summed E-state index contributed by atoms with van der Waals surface area (Å²) < 4.78 is 18.9. The second-order valence-corrected chi connectivity index (χ2v) is 4.17. The van der Waals surface area contributed by atoms with Crippen LogP contribution in [-0.4, -0.2) is 6.08 Å². The molecule has 19 heavy (non-hydrogen) atoms. The zero-order valence-corrected chi connectivity index (χ0v) is 10.5. The summed E-state index contributed by atoms with van der Waals surface area (Å²) in [7, 11) is 0. The average Bonchev–Trinajstić information content (AvgIpc) is 2.41. The van der Waals surface area contributed by atoms with Gasteiger partial charge in [0.1, 0.15) is 18.0 Å². The molecule has 3 nitrogen and oxygen atoms in total. The van der Waals surface area contributed by atoms with Crippen molar-refractivity contribution in [2.24, 2.45) is 4.99 Å². The predicted octanol–water partition coefficient (Wildman–Crippen LogP) is 4.03. The highest BCUT2D eigenvalue weighted by Gasteiger charge is 2.03. The van der Waals surface area contributed by atoms with Crippen LogP contribution in [0.2, 0.25) is 5.02 Å². The average molecular weight is 278 g/mol. The number of benzene rings is 2. The van der Waals surface area contributed by atoms with Crippen LogP contribution in [0.1, 0.15) is 5.56 Å². The molecule has 0 amide bonds. The molecule has 0 radical (unpaired) electrons. The molecular weight excluding hydrogens is 269 g/mol. The molecule has 5 heteroatoms. The molecule has 0 aromatic heterocycles. The molecule has 0 aliphatic carbocycles. The number of isocyanates is 1. The van der Waals surface area contributed by atoms with Gasteiger partial charge in [0.15, 0.2) is 5.82 Å².